The molecule has 0 fully saturated rings. The first-order valence-electron chi connectivity index (χ1n) is 5.87. The fourth-order valence-corrected chi connectivity index (χ4v) is 1.90. The Labute approximate surface area is 112 Å². The molecule has 0 aliphatic rings. The molecule has 1 aromatic carbocycles. The number of nitrogens with zero attached hydrogens (tertiary/aromatic N) is 3. The van der Waals surface area contributed by atoms with Crippen LogP contribution in [0.2, 0.25) is 0 Å². The van der Waals surface area contributed by atoms with Gasteiger partial charge >= 0.3 is 0 Å². The Kier molecular flexibility index (Phi) is 3.66. The molecule has 0 saturated heterocycles. The van der Waals surface area contributed by atoms with Gasteiger partial charge < -0.3 is 15.8 Å². The molecule has 0 spiro atoms. The third-order valence-electron chi connectivity index (χ3n) is 2.98. The summed E-state index contributed by atoms with van der Waals surface area (Å²) in [5.74, 6) is 0.0000311. The SMILES string of the molecule is Cc1ccccc1N(C)c1ccnc(C(N)=NO)c1. The molecule has 0 radical (unpaired) electrons. The van der Waals surface area contributed by atoms with E-state index in [1.54, 1.807) is 12.3 Å². The Bertz CT molecular complexity index is 610. The number of benzene rings is 1. The quantitative estimate of drug-likeness (QED) is 0.382. The van der Waals surface area contributed by atoms with Crippen molar-refractivity contribution in [3.63, 3.8) is 0 Å². The Morgan fingerprint density at radius 1 is 1.32 bits per heavy atom. The maximum Gasteiger partial charge on any atom is 0.188 e. The molecule has 0 bridgehead atoms. The monoisotopic (exact) mass is 256 g/mol. The van der Waals surface area contributed by atoms with Crippen LogP contribution in [0.4, 0.5) is 11.4 Å². The average Bonchev–Trinajstić information content (AvgIpc) is 2.46. The molecule has 1 aromatic heterocycles. The van der Waals surface area contributed by atoms with Gasteiger partial charge in [-0.25, -0.2) is 0 Å². The maximum atomic E-state index is 8.69. The van der Waals surface area contributed by atoms with Crippen LogP contribution in [0.5, 0.6) is 0 Å². The lowest BCUT2D eigenvalue weighted by atomic mass is 10.1. The summed E-state index contributed by atoms with van der Waals surface area (Å²) < 4.78 is 0. The number of nitrogens with two attached hydrogens (primary N) is 1. The van der Waals surface area contributed by atoms with Crippen LogP contribution in [0.1, 0.15) is 11.3 Å². The number of amidine groups is 1. The van der Waals surface area contributed by atoms with Crippen molar-refractivity contribution in [3.05, 3.63) is 53.9 Å². The number of aromatic nitrogens is 1. The van der Waals surface area contributed by atoms with Crippen LogP contribution in [0, 0.1) is 6.92 Å². The van der Waals surface area contributed by atoms with Crippen LogP contribution < -0.4 is 10.6 Å². The van der Waals surface area contributed by atoms with Crippen LogP contribution in [0.25, 0.3) is 0 Å². The van der Waals surface area contributed by atoms with Gasteiger partial charge in [-0.15, -0.1) is 0 Å². The first-order valence-corrected chi connectivity index (χ1v) is 5.87. The van der Waals surface area contributed by atoms with Gasteiger partial charge in [0.25, 0.3) is 0 Å². The number of anilines is 2. The minimum absolute atomic E-state index is 0.0000311. The van der Waals surface area contributed by atoms with Crippen molar-refractivity contribution in [2.75, 3.05) is 11.9 Å². The van der Waals surface area contributed by atoms with E-state index in [-0.39, 0.29) is 5.84 Å². The molecule has 0 aliphatic heterocycles. The highest BCUT2D eigenvalue weighted by Gasteiger charge is 2.09. The molecular weight excluding hydrogens is 240 g/mol. The van der Waals surface area contributed by atoms with Crippen molar-refractivity contribution >= 4 is 17.2 Å². The van der Waals surface area contributed by atoms with E-state index < -0.39 is 0 Å². The summed E-state index contributed by atoms with van der Waals surface area (Å²) in [6.07, 6.45) is 1.64. The summed E-state index contributed by atoms with van der Waals surface area (Å²) in [4.78, 5) is 6.10. The van der Waals surface area contributed by atoms with Crippen LogP contribution in [-0.4, -0.2) is 23.1 Å². The second-order valence-electron chi connectivity index (χ2n) is 4.23. The molecular formula is C14H16N4O. The summed E-state index contributed by atoms with van der Waals surface area (Å²) in [5, 5.41) is 11.7. The van der Waals surface area contributed by atoms with Gasteiger partial charge in [0.05, 0.1) is 0 Å². The van der Waals surface area contributed by atoms with Crippen molar-refractivity contribution < 1.29 is 5.21 Å². The normalized spacial score (nSPS) is 11.4. The molecule has 0 saturated carbocycles. The van der Waals surface area contributed by atoms with E-state index in [2.05, 4.69) is 23.1 Å². The Balaban J connectivity index is 2.40. The van der Waals surface area contributed by atoms with Gasteiger partial charge in [-0.05, 0) is 30.7 Å². The molecule has 0 atom stereocenters. The fraction of sp³-hybridized carbons (Fsp3) is 0.143. The standard InChI is InChI=1S/C14H16N4O/c1-10-5-3-4-6-13(10)18(2)11-7-8-16-12(9-11)14(15)17-19/h3-9,19H,1-2H3,(H2,15,17). The third-order valence-corrected chi connectivity index (χ3v) is 2.98. The lowest BCUT2D eigenvalue weighted by Crippen LogP contribution is -2.17. The van der Waals surface area contributed by atoms with Crippen LogP contribution in [0.3, 0.4) is 0 Å². The minimum atomic E-state index is 0.0000311. The Morgan fingerprint density at radius 2 is 2.05 bits per heavy atom. The predicted molar refractivity (Wildman–Crippen MR) is 76.0 cm³/mol. The van der Waals surface area contributed by atoms with E-state index in [4.69, 9.17) is 10.9 Å². The number of hydrogen-bond acceptors (Lipinski definition) is 4. The molecule has 2 rings (SSSR count). The molecule has 0 aliphatic carbocycles. The summed E-state index contributed by atoms with van der Waals surface area (Å²) in [6.45, 7) is 2.05. The zero-order chi connectivity index (χ0) is 13.8. The molecule has 5 nitrogen and oxygen atoms in total. The number of rotatable bonds is 3. The van der Waals surface area contributed by atoms with Crippen LogP contribution in [0.15, 0.2) is 47.8 Å². The number of aryl methyl sites for hydroxylation is 1. The third kappa shape index (κ3) is 2.65. The topological polar surface area (TPSA) is 74.7 Å². The smallest absolute Gasteiger partial charge is 0.188 e. The highest BCUT2D eigenvalue weighted by Crippen LogP contribution is 2.26. The second kappa shape index (κ2) is 5.39. The van der Waals surface area contributed by atoms with E-state index in [0.717, 1.165) is 11.4 Å². The molecule has 1 heterocycles. The van der Waals surface area contributed by atoms with E-state index in [0.29, 0.717) is 5.69 Å². The molecule has 98 valence electrons. The Morgan fingerprint density at radius 3 is 2.74 bits per heavy atom. The molecule has 0 amide bonds. The fourth-order valence-electron chi connectivity index (χ4n) is 1.90. The minimum Gasteiger partial charge on any atom is -0.409 e. The summed E-state index contributed by atoms with van der Waals surface area (Å²) in [5.41, 5.74) is 9.19. The number of hydrogen-bond donors (Lipinski definition) is 2. The van der Waals surface area contributed by atoms with Gasteiger partial charge in [-0.3, -0.25) is 4.98 Å². The number of pyridine rings is 1. The van der Waals surface area contributed by atoms with Gasteiger partial charge in [0.15, 0.2) is 5.84 Å². The van der Waals surface area contributed by atoms with E-state index in [1.807, 2.05) is 36.2 Å². The lowest BCUT2D eigenvalue weighted by molar-refractivity contribution is 0.318. The highest BCUT2D eigenvalue weighted by molar-refractivity contribution is 5.96. The van der Waals surface area contributed by atoms with Gasteiger partial charge in [-0.1, -0.05) is 23.4 Å². The molecule has 0 unspecified atom stereocenters. The maximum absolute atomic E-state index is 8.69. The first-order chi connectivity index (χ1) is 9.13. The van der Waals surface area contributed by atoms with Crippen molar-refractivity contribution in [2.45, 2.75) is 6.92 Å². The van der Waals surface area contributed by atoms with Gasteiger partial charge in [0.2, 0.25) is 0 Å². The zero-order valence-electron chi connectivity index (χ0n) is 10.9. The average molecular weight is 256 g/mol. The zero-order valence-corrected chi connectivity index (χ0v) is 10.9. The molecule has 3 N–H and O–H groups in total. The molecule has 19 heavy (non-hydrogen) atoms. The molecule has 5 heteroatoms. The lowest BCUT2D eigenvalue weighted by Gasteiger charge is -2.21. The van der Waals surface area contributed by atoms with Gasteiger partial charge in [-0.2, -0.15) is 0 Å². The number of para-hydroxylation sites is 1. The molecule has 2 aromatic rings. The van der Waals surface area contributed by atoms with E-state index in [1.165, 1.54) is 5.56 Å². The van der Waals surface area contributed by atoms with Gasteiger partial charge in [0.1, 0.15) is 5.69 Å². The first kappa shape index (κ1) is 12.9. The largest absolute Gasteiger partial charge is 0.409 e. The Hall–Kier alpha value is -2.56. The number of oxime groups is 1. The highest BCUT2D eigenvalue weighted by atomic mass is 16.4. The predicted octanol–water partition coefficient (Wildman–Crippen LogP) is 2.25. The van der Waals surface area contributed by atoms with Crippen molar-refractivity contribution in [1.29, 1.82) is 0 Å². The van der Waals surface area contributed by atoms with Crippen molar-refractivity contribution in [3.8, 4) is 0 Å². The van der Waals surface area contributed by atoms with Gasteiger partial charge in [0, 0.05) is 24.6 Å². The summed E-state index contributed by atoms with van der Waals surface area (Å²) >= 11 is 0. The van der Waals surface area contributed by atoms with E-state index >= 15 is 0 Å². The van der Waals surface area contributed by atoms with Crippen molar-refractivity contribution in [1.82, 2.24) is 4.98 Å². The second-order valence-corrected chi connectivity index (χ2v) is 4.23. The summed E-state index contributed by atoms with van der Waals surface area (Å²) in [6, 6.07) is 11.7. The van der Waals surface area contributed by atoms with Crippen LogP contribution >= 0.6 is 0 Å². The van der Waals surface area contributed by atoms with E-state index in [9.17, 15) is 0 Å². The van der Waals surface area contributed by atoms with Crippen LogP contribution in [-0.2, 0) is 0 Å². The van der Waals surface area contributed by atoms with Crippen molar-refractivity contribution in [2.24, 2.45) is 10.9 Å². The summed E-state index contributed by atoms with van der Waals surface area (Å²) in [7, 11) is 1.97.